The Morgan fingerprint density at radius 1 is 1.17 bits per heavy atom. The van der Waals surface area contributed by atoms with Gasteiger partial charge in [-0.15, -0.1) is 11.3 Å². The molecular weight excluding hydrogens is 394 g/mol. The number of fused-ring (bicyclic) bond motifs is 1. The first kappa shape index (κ1) is 19.9. The normalized spacial score (nSPS) is 16.1. The maximum atomic E-state index is 14.2. The Morgan fingerprint density at radius 3 is 2.59 bits per heavy atom. The fourth-order valence-electron chi connectivity index (χ4n) is 3.77. The third kappa shape index (κ3) is 4.17. The second kappa shape index (κ2) is 8.57. The van der Waals surface area contributed by atoms with Crippen LogP contribution in [0.25, 0.3) is 10.1 Å². The van der Waals surface area contributed by atoms with Crippen molar-refractivity contribution >= 4 is 27.3 Å². The number of aryl methyl sites for hydroxylation is 1. The first-order valence-corrected chi connectivity index (χ1v) is 10.4. The third-order valence-electron chi connectivity index (χ3n) is 5.31. The quantitative estimate of drug-likeness (QED) is 0.675. The Kier molecular flexibility index (Phi) is 5.89. The van der Waals surface area contributed by atoms with Crippen LogP contribution < -0.4 is 5.32 Å². The van der Waals surface area contributed by atoms with E-state index in [1.807, 2.05) is 6.07 Å². The van der Waals surface area contributed by atoms with Gasteiger partial charge < -0.3 is 10.1 Å². The molecule has 1 aromatic heterocycles. The van der Waals surface area contributed by atoms with Gasteiger partial charge in [0, 0.05) is 29.7 Å². The van der Waals surface area contributed by atoms with Crippen LogP contribution in [0.3, 0.4) is 0 Å². The third-order valence-corrected chi connectivity index (χ3v) is 6.56. The van der Waals surface area contributed by atoms with E-state index in [4.69, 9.17) is 4.74 Å². The summed E-state index contributed by atoms with van der Waals surface area (Å²) < 4.78 is 33.7. The Bertz CT molecular complexity index is 1010. The van der Waals surface area contributed by atoms with E-state index in [0.29, 0.717) is 35.6 Å². The first-order chi connectivity index (χ1) is 14.0. The summed E-state index contributed by atoms with van der Waals surface area (Å²) in [7, 11) is 0. The number of amides is 1. The second-order valence-electron chi connectivity index (χ2n) is 7.09. The zero-order valence-corrected chi connectivity index (χ0v) is 16.9. The van der Waals surface area contributed by atoms with Crippen LogP contribution in [-0.2, 0) is 4.74 Å². The average Bonchev–Trinajstić information content (AvgIpc) is 3.08. The van der Waals surface area contributed by atoms with E-state index in [-0.39, 0.29) is 23.6 Å². The average molecular weight is 416 g/mol. The molecule has 2 heterocycles. The predicted molar refractivity (Wildman–Crippen MR) is 110 cm³/mol. The van der Waals surface area contributed by atoms with Gasteiger partial charge in [-0.2, -0.15) is 0 Å². The highest BCUT2D eigenvalue weighted by Gasteiger charge is 2.24. The van der Waals surface area contributed by atoms with Crippen LogP contribution in [0.2, 0.25) is 0 Å². The van der Waals surface area contributed by atoms with Crippen molar-refractivity contribution in [2.45, 2.75) is 13.0 Å². The minimum absolute atomic E-state index is 0.0881. The molecule has 29 heavy (non-hydrogen) atoms. The summed E-state index contributed by atoms with van der Waals surface area (Å²) in [5.41, 5.74) is 1.60. The number of carbonyl (C=O) groups excluding carboxylic acids is 1. The summed E-state index contributed by atoms with van der Waals surface area (Å²) >= 11 is 1.30. The number of nitrogens with zero attached hydrogens (tertiary/aromatic N) is 1. The molecule has 1 aliphatic rings. The zero-order chi connectivity index (χ0) is 20.4. The summed E-state index contributed by atoms with van der Waals surface area (Å²) in [6.45, 7) is 4.88. The van der Waals surface area contributed by atoms with Gasteiger partial charge in [0.25, 0.3) is 5.91 Å². The van der Waals surface area contributed by atoms with Gasteiger partial charge in [-0.3, -0.25) is 9.69 Å². The SMILES string of the molecule is Cc1c(C(=O)NC[C@H](c2ccc(F)cc2)N2CCOCC2)sc2cccc(F)c12. The molecule has 1 N–H and O–H groups in total. The van der Waals surface area contributed by atoms with Crippen molar-refractivity contribution in [3.05, 3.63) is 70.1 Å². The highest BCUT2D eigenvalue weighted by atomic mass is 32.1. The number of benzene rings is 2. The molecule has 1 aliphatic heterocycles. The highest BCUT2D eigenvalue weighted by molar-refractivity contribution is 7.21. The van der Waals surface area contributed by atoms with E-state index in [1.165, 1.54) is 29.5 Å². The molecule has 1 fully saturated rings. The van der Waals surface area contributed by atoms with E-state index in [1.54, 1.807) is 25.1 Å². The number of ether oxygens (including phenoxy) is 1. The number of thiophene rings is 1. The van der Waals surface area contributed by atoms with Crippen molar-refractivity contribution in [2.24, 2.45) is 0 Å². The lowest BCUT2D eigenvalue weighted by molar-refractivity contribution is 0.0162. The second-order valence-corrected chi connectivity index (χ2v) is 8.15. The van der Waals surface area contributed by atoms with Crippen molar-refractivity contribution in [3.8, 4) is 0 Å². The van der Waals surface area contributed by atoms with Gasteiger partial charge in [-0.05, 0) is 42.3 Å². The molecule has 7 heteroatoms. The summed E-state index contributed by atoms with van der Waals surface area (Å²) in [5, 5.41) is 3.51. The van der Waals surface area contributed by atoms with Crippen molar-refractivity contribution in [1.82, 2.24) is 10.2 Å². The van der Waals surface area contributed by atoms with Crippen LogP contribution in [0.15, 0.2) is 42.5 Å². The van der Waals surface area contributed by atoms with Crippen LogP contribution in [-0.4, -0.2) is 43.7 Å². The van der Waals surface area contributed by atoms with Crippen molar-refractivity contribution in [2.75, 3.05) is 32.8 Å². The number of hydrogen-bond donors (Lipinski definition) is 1. The number of hydrogen-bond acceptors (Lipinski definition) is 4. The van der Waals surface area contributed by atoms with Crippen LogP contribution in [0.4, 0.5) is 8.78 Å². The lowest BCUT2D eigenvalue weighted by Crippen LogP contribution is -2.43. The zero-order valence-electron chi connectivity index (χ0n) is 16.1. The Hall–Kier alpha value is -2.35. The molecule has 0 saturated carbocycles. The van der Waals surface area contributed by atoms with Crippen molar-refractivity contribution in [3.63, 3.8) is 0 Å². The number of morpholine rings is 1. The topological polar surface area (TPSA) is 41.6 Å². The number of carbonyl (C=O) groups is 1. The lowest BCUT2D eigenvalue weighted by Gasteiger charge is -2.35. The van der Waals surface area contributed by atoms with E-state index in [2.05, 4.69) is 10.2 Å². The maximum absolute atomic E-state index is 14.2. The molecule has 4 rings (SSSR count). The van der Waals surface area contributed by atoms with Crippen LogP contribution >= 0.6 is 11.3 Å². The minimum atomic E-state index is -0.312. The van der Waals surface area contributed by atoms with Crippen LogP contribution in [0.5, 0.6) is 0 Å². The summed E-state index contributed by atoms with van der Waals surface area (Å²) in [5.74, 6) is -0.822. The summed E-state index contributed by atoms with van der Waals surface area (Å²) in [6.07, 6.45) is 0. The Morgan fingerprint density at radius 2 is 1.90 bits per heavy atom. The smallest absolute Gasteiger partial charge is 0.261 e. The molecule has 1 atom stereocenters. The molecule has 3 aromatic rings. The minimum Gasteiger partial charge on any atom is -0.379 e. The molecule has 0 unspecified atom stereocenters. The van der Waals surface area contributed by atoms with Gasteiger partial charge >= 0.3 is 0 Å². The monoisotopic (exact) mass is 416 g/mol. The molecule has 1 saturated heterocycles. The van der Waals surface area contributed by atoms with Gasteiger partial charge in [0.05, 0.1) is 24.1 Å². The van der Waals surface area contributed by atoms with Gasteiger partial charge in [0.1, 0.15) is 11.6 Å². The van der Waals surface area contributed by atoms with Crippen molar-refractivity contribution in [1.29, 1.82) is 0 Å². The maximum Gasteiger partial charge on any atom is 0.261 e. The van der Waals surface area contributed by atoms with Gasteiger partial charge in [-0.25, -0.2) is 8.78 Å². The molecule has 0 aliphatic carbocycles. The molecule has 2 aromatic carbocycles. The summed E-state index contributed by atoms with van der Waals surface area (Å²) in [6, 6.07) is 11.2. The van der Waals surface area contributed by atoms with Gasteiger partial charge in [-0.1, -0.05) is 18.2 Å². The Labute approximate surface area is 172 Å². The fraction of sp³-hybridized carbons (Fsp3) is 0.318. The summed E-state index contributed by atoms with van der Waals surface area (Å²) in [4.78, 5) is 15.6. The lowest BCUT2D eigenvalue weighted by atomic mass is 10.0. The molecular formula is C22H22F2N2O2S. The van der Waals surface area contributed by atoms with Crippen LogP contribution in [0, 0.1) is 18.6 Å². The standard InChI is InChI=1S/C22H22F2N2O2S/c1-14-20-17(24)3-2-4-19(20)29-21(14)22(27)25-13-18(26-9-11-28-12-10-26)15-5-7-16(23)8-6-15/h2-8,18H,9-13H2,1H3,(H,25,27)/t18-/m1/s1. The molecule has 1 amide bonds. The van der Waals surface area contributed by atoms with E-state index < -0.39 is 0 Å². The number of nitrogens with one attached hydrogen (secondary N) is 1. The van der Waals surface area contributed by atoms with E-state index in [0.717, 1.165) is 23.4 Å². The largest absolute Gasteiger partial charge is 0.379 e. The predicted octanol–water partition coefficient (Wildman–Crippen LogP) is 4.29. The van der Waals surface area contributed by atoms with Gasteiger partial charge in [0.2, 0.25) is 0 Å². The van der Waals surface area contributed by atoms with Crippen LogP contribution in [0.1, 0.15) is 26.8 Å². The van der Waals surface area contributed by atoms with Crippen molar-refractivity contribution < 1.29 is 18.3 Å². The molecule has 152 valence electrons. The first-order valence-electron chi connectivity index (χ1n) is 9.57. The van der Waals surface area contributed by atoms with Gasteiger partial charge in [0.15, 0.2) is 0 Å². The van der Waals surface area contributed by atoms with E-state index in [9.17, 15) is 13.6 Å². The molecule has 0 radical (unpaired) electrons. The highest BCUT2D eigenvalue weighted by Crippen LogP contribution is 2.32. The number of halogens is 2. The van der Waals surface area contributed by atoms with E-state index >= 15 is 0 Å². The fourth-order valence-corrected chi connectivity index (χ4v) is 4.91. The molecule has 4 nitrogen and oxygen atoms in total. The Balaban J connectivity index is 1.55. The number of rotatable bonds is 5. The molecule has 0 spiro atoms. The molecule has 0 bridgehead atoms.